The number of rotatable bonds is 2. The minimum atomic E-state index is -0.221. The molecule has 0 saturated heterocycles. The van der Waals surface area contributed by atoms with Crippen molar-refractivity contribution in [1.82, 2.24) is 0 Å². The van der Waals surface area contributed by atoms with Gasteiger partial charge in [-0.3, -0.25) is 4.79 Å². The van der Waals surface area contributed by atoms with Crippen LogP contribution in [-0.4, -0.2) is 5.91 Å². The highest BCUT2D eigenvalue weighted by molar-refractivity contribution is 9.12. The summed E-state index contributed by atoms with van der Waals surface area (Å²) in [7, 11) is 0. The first-order valence-electron chi connectivity index (χ1n) is 3.41. The van der Waals surface area contributed by atoms with E-state index in [1.165, 1.54) is 0 Å². The average Bonchev–Trinajstić information content (AvgIpc) is 2.06. The normalized spacial score (nSPS) is 9.08. The second-order valence-corrected chi connectivity index (χ2v) is 3.18. The van der Waals surface area contributed by atoms with E-state index < -0.39 is 0 Å². The van der Waals surface area contributed by atoms with Crippen molar-refractivity contribution in [3.8, 4) is 0 Å². The van der Waals surface area contributed by atoms with E-state index in [1.807, 2.05) is 30.3 Å². The van der Waals surface area contributed by atoms with Crippen molar-refractivity contribution < 1.29 is 4.79 Å². The van der Waals surface area contributed by atoms with Crippen LogP contribution in [0, 0.1) is 0 Å². The monoisotopic (exact) mass is 225 g/mol. The van der Waals surface area contributed by atoms with E-state index in [4.69, 9.17) is 0 Å². The molecule has 0 saturated carbocycles. The number of halogens is 1. The third kappa shape index (κ3) is 2.51. The predicted octanol–water partition coefficient (Wildman–Crippen LogP) is 2.53. The second-order valence-electron chi connectivity index (χ2n) is 2.23. The molecular weight excluding hydrogens is 218 g/mol. The van der Waals surface area contributed by atoms with Gasteiger partial charge in [-0.05, 0) is 28.1 Å². The van der Waals surface area contributed by atoms with Crippen molar-refractivity contribution in [3.05, 3.63) is 41.4 Å². The van der Waals surface area contributed by atoms with Gasteiger partial charge in [0.25, 0.3) is 5.91 Å². The highest BCUT2D eigenvalue weighted by Gasteiger charge is 2.01. The largest absolute Gasteiger partial charge is 0.322 e. The van der Waals surface area contributed by atoms with Gasteiger partial charge in [-0.2, -0.15) is 0 Å². The Morgan fingerprint density at radius 1 is 1.33 bits per heavy atom. The third-order valence-electron chi connectivity index (χ3n) is 1.28. The first-order chi connectivity index (χ1) is 5.70. The summed E-state index contributed by atoms with van der Waals surface area (Å²) in [5.41, 5.74) is 0.767. The summed E-state index contributed by atoms with van der Waals surface area (Å²) in [4.78, 5) is 11.1. The Bertz CT molecular complexity index is 295. The zero-order valence-electron chi connectivity index (χ0n) is 6.38. The lowest BCUT2D eigenvalue weighted by molar-refractivity contribution is -0.112. The van der Waals surface area contributed by atoms with Crippen LogP contribution in [0.5, 0.6) is 0 Å². The molecule has 0 aliphatic carbocycles. The molecule has 62 valence electrons. The van der Waals surface area contributed by atoms with Crippen LogP contribution in [0.15, 0.2) is 41.4 Å². The molecule has 1 N–H and O–H groups in total. The summed E-state index contributed by atoms with van der Waals surface area (Å²) in [6.07, 6.45) is 0. The molecule has 1 aromatic carbocycles. The van der Waals surface area contributed by atoms with Gasteiger partial charge in [-0.15, -0.1) is 0 Å². The molecule has 1 rings (SSSR count). The van der Waals surface area contributed by atoms with E-state index in [9.17, 15) is 4.79 Å². The molecule has 0 radical (unpaired) electrons. The molecule has 0 heterocycles. The maximum Gasteiger partial charge on any atom is 0.262 e. The fraction of sp³-hybridized carbons (Fsp3) is 0. The molecule has 3 heteroatoms. The summed E-state index contributed by atoms with van der Waals surface area (Å²) < 4.78 is 0.325. The van der Waals surface area contributed by atoms with E-state index >= 15 is 0 Å². The molecule has 1 amide bonds. The SMILES string of the molecule is C=C(Br)C(=O)Nc1ccccc1. The molecule has 0 unspecified atom stereocenters. The Labute approximate surface area is 79.4 Å². The minimum Gasteiger partial charge on any atom is -0.322 e. The number of anilines is 1. The van der Waals surface area contributed by atoms with Gasteiger partial charge in [0.2, 0.25) is 0 Å². The summed E-state index contributed by atoms with van der Waals surface area (Å²) in [6, 6.07) is 9.22. The van der Waals surface area contributed by atoms with Crippen molar-refractivity contribution in [2.45, 2.75) is 0 Å². The maximum absolute atomic E-state index is 11.1. The predicted molar refractivity (Wildman–Crippen MR) is 53.1 cm³/mol. The lowest BCUT2D eigenvalue weighted by Gasteiger charge is -2.01. The summed E-state index contributed by atoms with van der Waals surface area (Å²) in [5, 5.41) is 2.66. The molecule has 0 atom stereocenters. The molecule has 12 heavy (non-hydrogen) atoms. The lowest BCUT2D eigenvalue weighted by Crippen LogP contribution is -2.09. The lowest BCUT2D eigenvalue weighted by atomic mass is 10.3. The minimum absolute atomic E-state index is 0.221. The zero-order chi connectivity index (χ0) is 8.97. The van der Waals surface area contributed by atoms with Gasteiger partial charge in [0, 0.05) is 5.69 Å². The van der Waals surface area contributed by atoms with E-state index in [1.54, 1.807) is 0 Å². The van der Waals surface area contributed by atoms with Crippen molar-refractivity contribution >= 4 is 27.5 Å². The molecule has 0 fully saturated rings. The van der Waals surface area contributed by atoms with Crippen LogP contribution in [0.4, 0.5) is 5.69 Å². The van der Waals surface area contributed by atoms with E-state index in [0.717, 1.165) is 5.69 Å². The van der Waals surface area contributed by atoms with Gasteiger partial charge >= 0.3 is 0 Å². The molecular formula is C9H8BrNO. The van der Waals surface area contributed by atoms with E-state index in [-0.39, 0.29) is 5.91 Å². The number of benzene rings is 1. The van der Waals surface area contributed by atoms with E-state index in [0.29, 0.717) is 4.48 Å². The quantitative estimate of drug-likeness (QED) is 0.771. The Hall–Kier alpha value is -1.09. The first-order valence-corrected chi connectivity index (χ1v) is 4.20. The molecule has 2 nitrogen and oxygen atoms in total. The summed E-state index contributed by atoms with van der Waals surface area (Å²) >= 11 is 2.99. The van der Waals surface area contributed by atoms with Crippen LogP contribution in [0.3, 0.4) is 0 Å². The number of nitrogens with one attached hydrogen (secondary N) is 1. The van der Waals surface area contributed by atoms with Gasteiger partial charge in [0.15, 0.2) is 0 Å². The van der Waals surface area contributed by atoms with Crippen molar-refractivity contribution in [2.24, 2.45) is 0 Å². The van der Waals surface area contributed by atoms with Crippen molar-refractivity contribution in [2.75, 3.05) is 5.32 Å². The fourth-order valence-corrected chi connectivity index (χ4v) is 0.820. The van der Waals surface area contributed by atoms with Crippen LogP contribution in [0.2, 0.25) is 0 Å². The number of carbonyl (C=O) groups is 1. The second kappa shape index (κ2) is 4.07. The highest BCUT2D eigenvalue weighted by atomic mass is 79.9. The van der Waals surface area contributed by atoms with Gasteiger partial charge < -0.3 is 5.32 Å². The van der Waals surface area contributed by atoms with Crippen LogP contribution >= 0.6 is 15.9 Å². The zero-order valence-corrected chi connectivity index (χ0v) is 7.97. The summed E-state index contributed by atoms with van der Waals surface area (Å²) in [5.74, 6) is -0.221. The first kappa shape index (κ1) is 9.00. The van der Waals surface area contributed by atoms with Crippen molar-refractivity contribution in [3.63, 3.8) is 0 Å². The molecule has 0 bridgehead atoms. The van der Waals surface area contributed by atoms with Gasteiger partial charge in [-0.25, -0.2) is 0 Å². The van der Waals surface area contributed by atoms with Gasteiger partial charge in [-0.1, -0.05) is 24.8 Å². The number of carbonyl (C=O) groups excluding carboxylic acids is 1. The van der Waals surface area contributed by atoms with Gasteiger partial charge in [0.05, 0.1) is 4.48 Å². The maximum atomic E-state index is 11.1. The Kier molecular flexibility index (Phi) is 3.05. The molecule has 0 spiro atoms. The van der Waals surface area contributed by atoms with Gasteiger partial charge in [0.1, 0.15) is 0 Å². The van der Waals surface area contributed by atoms with Crippen LogP contribution < -0.4 is 5.32 Å². The topological polar surface area (TPSA) is 29.1 Å². The molecule has 0 aliphatic rings. The Morgan fingerprint density at radius 3 is 2.42 bits per heavy atom. The number of hydrogen-bond donors (Lipinski definition) is 1. The van der Waals surface area contributed by atoms with Crippen molar-refractivity contribution in [1.29, 1.82) is 0 Å². The molecule has 1 aromatic rings. The molecule has 0 aromatic heterocycles. The van der Waals surface area contributed by atoms with Crippen LogP contribution in [0.25, 0.3) is 0 Å². The Morgan fingerprint density at radius 2 is 1.92 bits per heavy atom. The average molecular weight is 226 g/mol. The van der Waals surface area contributed by atoms with Crippen LogP contribution in [-0.2, 0) is 4.79 Å². The van der Waals surface area contributed by atoms with Crippen LogP contribution in [0.1, 0.15) is 0 Å². The fourth-order valence-electron chi connectivity index (χ4n) is 0.720. The third-order valence-corrected chi connectivity index (χ3v) is 1.64. The van der Waals surface area contributed by atoms with E-state index in [2.05, 4.69) is 27.8 Å². The number of amides is 1. The highest BCUT2D eigenvalue weighted by Crippen LogP contribution is 2.08. The number of hydrogen-bond acceptors (Lipinski definition) is 1. The smallest absolute Gasteiger partial charge is 0.262 e. The molecule has 0 aliphatic heterocycles. The standard InChI is InChI=1S/C9H8BrNO/c1-7(10)9(12)11-8-5-3-2-4-6-8/h2-6H,1H2,(H,11,12). The Balaban J connectivity index is 2.65. The number of para-hydroxylation sites is 1. The summed E-state index contributed by atoms with van der Waals surface area (Å²) in [6.45, 7) is 3.46.